The van der Waals surface area contributed by atoms with Gasteiger partial charge in [0.15, 0.2) is 5.78 Å². The van der Waals surface area contributed by atoms with Crippen molar-refractivity contribution >= 4 is 29.0 Å². The number of carboxylic acid groups (broad SMARTS) is 1. The van der Waals surface area contributed by atoms with E-state index in [2.05, 4.69) is 10.3 Å². The summed E-state index contributed by atoms with van der Waals surface area (Å²) >= 11 is 6.09. The molecule has 0 aliphatic carbocycles. The van der Waals surface area contributed by atoms with Gasteiger partial charge in [-0.25, -0.2) is 0 Å². The number of Topliss-reactive ketones (excluding diaryl/α,β-unsaturated/α-hetero) is 1. The van der Waals surface area contributed by atoms with Crippen LogP contribution in [-0.2, 0) is 23.7 Å². The van der Waals surface area contributed by atoms with Gasteiger partial charge in [0.2, 0.25) is 0 Å². The summed E-state index contributed by atoms with van der Waals surface area (Å²) in [6, 6.07) is 15.9. The Morgan fingerprint density at radius 2 is 1.40 bits per heavy atom. The Bertz CT molecular complexity index is 1620. The molecule has 12 heteroatoms. The number of nitrogens with zero attached hydrogens (tertiary/aromatic N) is 1. The molecule has 4 aromatic rings. The molecule has 0 atom stereocenters. The number of ketones is 1. The van der Waals surface area contributed by atoms with Crippen molar-refractivity contribution in [3.63, 3.8) is 0 Å². The summed E-state index contributed by atoms with van der Waals surface area (Å²) in [5, 5.41) is 11.8. The average Bonchev–Trinajstić information content (AvgIpc) is 2.95. The van der Waals surface area contributed by atoms with Crippen molar-refractivity contribution < 1.29 is 41.0 Å². The fourth-order valence-electron chi connectivity index (χ4n) is 4.31. The average molecular weight is 621 g/mol. The minimum absolute atomic E-state index is 0.0265. The summed E-state index contributed by atoms with van der Waals surface area (Å²) in [6.07, 6.45) is -7.88. The van der Waals surface area contributed by atoms with Crippen molar-refractivity contribution in [3.05, 3.63) is 106 Å². The molecule has 2 N–H and O–H groups in total. The van der Waals surface area contributed by atoms with E-state index in [9.17, 15) is 35.9 Å². The summed E-state index contributed by atoms with van der Waals surface area (Å²) in [7, 11) is 0. The normalized spacial score (nSPS) is 11.8. The predicted molar refractivity (Wildman–Crippen MR) is 150 cm³/mol. The summed E-state index contributed by atoms with van der Waals surface area (Å²) in [4.78, 5) is 27.1. The molecule has 1 heterocycles. The molecule has 43 heavy (non-hydrogen) atoms. The zero-order chi connectivity index (χ0) is 31.4. The Labute approximate surface area is 247 Å². The number of anilines is 1. The van der Waals surface area contributed by atoms with Crippen LogP contribution < -0.4 is 5.32 Å². The van der Waals surface area contributed by atoms with E-state index in [1.54, 1.807) is 24.3 Å². The van der Waals surface area contributed by atoms with Crippen molar-refractivity contribution in [1.29, 1.82) is 0 Å². The number of aliphatic carboxylic acids is 1. The highest BCUT2D eigenvalue weighted by Gasteiger charge is 2.32. The van der Waals surface area contributed by atoms with Crippen molar-refractivity contribution in [2.24, 2.45) is 0 Å². The standard InChI is InChI=1S/C31H23ClF6N2O3/c32-26-15-22(31(36,37)38)9-12-24(26)18-5-10-23(11-6-18)39-16-19-4-8-21(30(33,34)35)14-25(19)20-7-13-27(40-17-20)28(41)2-1-3-29(42)43/h4-15,17,39H,1-3,16H2,(H,42,43). The number of alkyl halides is 6. The molecule has 0 aliphatic heterocycles. The SMILES string of the molecule is O=C(O)CCCC(=O)c1ccc(-c2cc(C(F)(F)F)ccc2CNc2ccc(-c3ccc(C(F)(F)F)cc3Cl)cc2)cn1. The molecule has 4 rings (SSSR count). The van der Waals surface area contributed by atoms with Crippen LogP contribution in [0.5, 0.6) is 0 Å². The van der Waals surface area contributed by atoms with E-state index in [1.807, 2.05) is 0 Å². The minimum Gasteiger partial charge on any atom is -0.481 e. The van der Waals surface area contributed by atoms with Gasteiger partial charge in [0.25, 0.3) is 0 Å². The quantitative estimate of drug-likeness (QED) is 0.137. The lowest BCUT2D eigenvalue weighted by Crippen LogP contribution is -2.08. The summed E-state index contributed by atoms with van der Waals surface area (Å²) < 4.78 is 79.4. The third kappa shape index (κ3) is 8.13. The van der Waals surface area contributed by atoms with Gasteiger partial charge in [-0.05, 0) is 65.6 Å². The van der Waals surface area contributed by atoms with Gasteiger partial charge in [0, 0.05) is 47.4 Å². The second-order valence-electron chi connectivity index (χ2n) is 9.60. The maximum atomic E-state index is 13.5. The van der Waals surface area contributed by atoms with Crippen LogP contribution in [-0.4, -0.2) is 21.8 Å². The van der Waals surface area contributed by atoms with Crippen molar-refractivity contribution in [1.82, 2.24) is 4.98 Å². The van der Waals surface area contributed by atoms with Gasteiger partial charge >= 0.3 is 18.3 Å². The third-order valence-corrected chi connectivity index (χ3v) is 6.88. The number of benzene rings is 3. The molecule has 0 radical (unpaired) electrons. The first-order valence-corrected chi connectivity index (χ1v) is 13.2. The van der Waals surface area contributed by atoms with E-state index in [-0.39, 0.29) is 47.9 Å². The number of carbonyl (C=O) groups is 2. The smallest absolute Gasteiger partial charge is 0.416 e. The van der Waals surface area contributed by atoms with E-state index in [4.69, 9.17) is 16.7 Å². The number of hydrogen-bond acceptors (Lipinski definition) is 4. The summed E-state index contributed by atoms with van der Waals surface area (Å²) in [6.45, 7) is 0.115. The largest absolute Gasteiger partial charge is 0.481 e. The first-order chi connectivity index (χ1) is 20.2. The van der Waals surface area contributed by atoms with Gasteiger partial charge in [0.1, 0.15) is 5.69 Å². The summed E-state index contributed by atoms with van der Waals surface area (Å²) in [5.74, 6) is -1.40. The van der Waals surface area contributed by atoms with Crippen LogP contribution in [0.4, 0.5) is 32.0 Å². The molecular formula is C31H23ClF6N2O3. The predicted octanol–water partition coefficient (Wildman–Crippen LogP) is 9.16. The van der Waals surface area contributed by atoms with E-state index in [1.165, 1.54) is 30.5 Å². The van der Waals surface area contributed by atoms with Crippen LogP contribution in [0.1, 0.15) is 46.4 Å². The molecular weight excluding hydrogens is 598 g/mol. The highest BCUT2D eigenvalue weighted by molar-refractivity contribution is 6.33. The fourth-order valence-corrected chi connectivity index (χ4v) is 4.60. The zero-order valence-electron chi connectivity index (χ0n) is 22.2. The molecule has 0 fully saturated rings. The second-order valence-corrected chi connectivity index (χ2v) is 10.0. The molecule has 0 amide bonds. The lowest BCUT2D eigenvalue weighted by Gasteiger charge is -2.16. The lowest BCUT2D eigenvalue weighted by molar-refractivity contribution is -0.138. The maximum Gasteiger partial charge on any atom is 0.416 e. The van der Waals surface area contributed by atoms with E-state index in [0.29, 0.717) is 27.9 Å². The molecule has 5 nitrogen and oxygen atoms in total. The van der Waals surface area contributed by atoms with Crippen molar-refractivity contribution in [2.45, 2.75) is 38.2 Å². The molecule has 0 unspecified atom stereocenters. The van der Waals surface area contributed by atoms with Crippen molar-refractivity contribution in [2.75, 3.05) is 5.32 Å². The molecule has 0 spiro atoms. The first kappa shape index (κ1) is 31.6. The summed E-state index contributed by atoms with van der Waals surface area (Å²) in [5.41, 5.74) is 1.02. The van der Waals surface area contributed by atoms with Crippen LogP contribution in [0, 0.1) is 0 Å². The first-order valence-electron chi connectivity index (χ1n) is 12.8. The van der Waals surface area contributed by atoms with Crippen LogP contribution in [0.15, 0.2) is 79.0 Å². The van der Waals surface area contributed by atoms with E-state index >= 15 is 0 Å². The Morgan fingerprint density at radius 3 is 1.98 bits per heavy atom. The van der Waals surface area contributed by atoms with Crippen molar-refractivity contribution in [3.8, 4) is 22.3 Å². The van der Waals surface area contributed by atoms with Gasteiger partial charge < -0.3 is 10.4 Å². The maximum absolute atomic E-state index is 13.5. The third-order valence-electron chi connectivity index (χ3n) is 6.57. The molecule has 3 aromatic carbocycles. The molecule has 0 saturated heterocycles. The number of carboxylic acids is 1. The molecule has 0 saturated carbocycles. The fraction of sp³-hybridized carbons (Fsp3) is 0.194. The Balaban J connectivity index is 1.53. The molecule has 1 aromatic heterocycles. The highest BCUT2D eigenvalue weighted by Crippen LogP contribution is 2.37. The number of hydrogen-bond donors (Lipinski definition) is 2. The van der Waals surface area contributed by atoms with Gasteiger partial charge in [0.05, 0.1) is 11.1 Å². The number of carbonyl (C=O) groups excluding carboxylic acids is 1. The second kappa shape index (κ2) is 12.9. The number of aromatic nitrogens is 1. The lowest BCUT2D eigenvalue weighted by atomic mass is 9.97. The Kier molecular flexibility index (Phi) is 9.44. The van der Waals surface area contributed by atoms with Gasteiger partial charge in [-0.2, -0.15) is 26.3 Å². The van der Waals surface area contributed by atoms with E-state index in [0.717, 1.165) is 24.3 Å². The van der Waals surface area contributed by atoms with Gasteiger partial charge in [-0.1, -0.05) is 41.9 Å². The van der Waals surface area contributed by atoms with Crippen LogP contribution in [0.2, 0.25) is 5.02 Å². The highest BCUT2D eigenvalue weighted by atomic mass is 35.5. The van der Waals surface area contributed by atoms with Crippen LogP contribution in [0.3, 0.4) is 0 Å². The van der Waals surface area contributed by atoms with Gasteiger partial charge in [-0.3, -0.25) is 14.6 Å². The number of nitrogens with one attached hydrogen (secondary N) is 1. The number of rotatable bonds is 10. The Hall–Kier alpha value is -4.38. The number of halogens is 7. The van der Waals surface area contributed by atoms with E-state index < -0.39 is 29.4 Å². The van der Waals surface area contributed by atoms with Crippen LogP contribution >= 0.6 is 11.6 Å². The van der Waals surface area contributed by atoms with Crippen LogP contribution in [0.25, 0.3) is 22.3 Å². The Morgan fingerprint density at radius 1 is 0.767 bits per heavy atom. The topological polar surface area (TPSA) is 79.3 Å². The molecule has 0 aliphatic rings. The minimum atomic E-state index is -4.59. The molecule has 224 valence electrons. The number of pyridine rings is 1. The monoisotopic (exact) mass is 620 g/mol. The van der Waals surface area contributed by atoms with Gasteiger partial charge in [-0.15, -0.1) is 0 Å². The zero-order valence-corrected chi connectivity index (χ0v) is 22.9. The molecule has 0 bridgehead atoms.